The van der Waals surface area contributed by atoms with Gasteiger partial charge in [0.15, 0.2) is 0 Å². The Labute approximate surface area is 158 Å². The Morgan fingerprint density at radius 3 is 2.00 bits per heavy atom. The molecule has 0 saturated heterocycles. The molecule has 1 aliphatic rings. The molecular formula is C25H33F. The summed E-state index contributed by atoms with van der Waals surface area (Å²) >= 11 is 0. The summed E-state index contributed by atoms with van der Waals surface area (Å²) in [6.07, 6.45) is 11.1. The van der Waals surface area contributed by atoms with Crippen LogP contribution in [-0.2, 0) is 0 Å². The molecule has 1 atom stereocenters. The highest BCUT2D eigenvalue weighted by molar-refractivity contribution is 5.34. The van der Waals surface area contributed by atoms with Crippen LogP contribution in [-0.4, -0.2) is 0 Å². The summed E-state index contributed by atoms with van der Waals surface area (Å²) in [5.74, 6) is 1.85. The van der Waals surface area contributed by atoms with E-state index in [2.05, 4.69) is 38.1 Å². The van der Waals surface area contributed by atoms with Gasteiger partial charge in [-0.1, -0.05) is 75.9 Å². The fourth-order valence-electron chi connectivity index (χ4n) is 4.47. The quantitative estimate of drug-likeness (QED) is 0.445. The zero-order valence-corrected chi connectivity index (χ0v) is 16.4. The Bertz CT molecular complexity index is 648. The molecule has 1 aliphatic carbocycles. The van der Waals surface area contributed by atoms with E-state index in [1.54, 1.807) is 12.1 Å². The molecule has 0 spiro atoms. The van der Waals surface area contributed by atoms with Crippen LogP contribution < -0.4 is 0 Å². The van der Waals surface area contributed by atoms with Crippen molar-refractivity contribution in [3.05, 3.63) is 71.0 Å². The van der Waals surface area contributed by atoms with Gasteiger partial charge in [-0.3, -0.25) is 0 Å². The smallest absolute Gasteiger partial charge is 0.123 e. The molecule has 2 aromatic rings. The predicted molar refractivity (Wildman–Crippen MR) is 109 cm³/mol. The predicted octanol–water partition coefficient (Wildman–Crippen LogP) is 7.83. The van der Waals surface area contributed by atoms with Crippen molar-refractivity contribution in [2.75, 3.05) is 0 Å². The first kappa shape index (κ1) is 19.1. The lowest BCUT2D eigenvalue weighted by molar-refractivity contribution is 0.303. The molecule has 0 amide bonds. The molecule has 26 heavy (non-hydrogen) atoms. The number of unbranched alkanes of at least 4 members (excludes halogenated alkanes) is 2. The van der Waals surface area contributed by atoms with Gasteiger partial charge in [0.1, 0.15) is 5.82 Å². The van der Waals surface area contributed by atoms with E-state index in [0.29, 0.717) is 5.92 Å². The third kappa shape index (κ3) is 4.96. The standard InChI is InChI=1S/C25H33F/c1-3-4-5-6-20-7-9-23(10-8-20)24-13-11-21(12-14-24)19(2)22-15-17-25(26)18-16-22/h11-20,23H,3-10H2,1-2H3. The summed E-state index contributed by atoms with van der Waals surface area (Å²) in [5.41, 5.74) is 3.99. The first-order valence-corrected chi connectivity index (χ1v) is 10.5. The highest BCUT2D eigenvalue weighted by Gasteiger charge is 2.22. The fourth-order valence-corrected chi connectivity index (χ4v) is 4.47. The van der Waals surface area contributed by atoms with E-state index in [1.807, 2.05) is 12.1 Å². The van der Waals surface area contributed by atoms with Gasteiger partial charge in [0, 0.05) is 5.92 Å². The van der Waals surface area contributed by atoms with Crippen molar-refractivity contribution in [1.29, 1.82) is 0 Å². The zero-order valence-electron chi connectivity index (χ0n) is 16.4. The summed E-state index contributed by atoms with van der Waals surface area (Å²) in [6.45, 7) is 4.49. The van der Waals surface area contributed by atoms with E-state index in [1.165, 1.54) is 68.1 Å². The summed E-state index contributed by atoms with van der Waals surface area (Å²) in [6, 6.07) is 16.1. The molecule has 2 aromatic carbocycles. The first-order chi connectivity index (χ1) is 12.7. The van der Waals surface area contributed by atoms with E-state index in [-0.39, 0.29) is 5.82 Å². The van der Waals surface area contributed by atoms with Gasteiger partial charge in [-0.2, -0.15) is 0 Å². The maximum atomic E-state index is 13.1. The number of benzene rings is 2. The molecule has 1 saturated carbocycles. The van der Waals surface area contributed by atoms with Crippen molar-refractivity contribution < 1.29 is 4.39 Å². The van der Waals surface area contributed by atoms with Gasteiger partial charge in [-0.25, -0.2) is 4.39 Å². The van der Waals surface area contributed by atoms with Crippen LogP contribution in [0.3, 0.4) is 0 Å². The monoisotopic (exact) mass is 352 g/mol. The SMILES string of the molecule is CCCCCC1CCC(c2ccc(C(C)c3ccc(F)cc3)cc2)CC1. The van der Waals surface area contributed by atoms with Crippen molar-refractivity contribution in [3.63, 3.8) is 0 Å². The second kappa shape index (κ2) is 9.35. The average Bonchev–Trinajstić information content (AvgIpc) is 2.69. The minimum absolute atomic E-state index is 0.165. The van der Waals surface area contributed by atoms with Crippen LogP contribution in [0.1, 0.15) is 93.7 Å². The zero-order chi connectivity index (χ0) is 18.4. The van der Waals surface area contributed by atoms with E-state index < -0.39 is 0 Å². The molecule has 0 nitrogen and oxygen atoms in total. The summed E-state index contributed by atoms with van der Waals surface area (Å²) in [4.78, 5) is 0. The number of hydrogen-bond acceptors (Lipinski definition) is 0. The van der Waals surface area contributed by atoms with Crippen molar-refractivity contribution in [2.24, 2.45) is 5.92 Å². The Hall–Kier alpha value is -1.63. The van der Waals surface area contributed by atoms with Crippen molar-refractivity contribution in [3.8, 4) is 0 Å². The van der Waals surface area contributed by atoms with Gasteiger partial charge in [0.25, 0.3) is 0 Å². The highest BCUT2D eigenvalue weighted by Crippen LogP contribution is 2.38. The molecule has 0 N–H and O–H groups in total. The summed E-state index contributed by atoms with van der Waals surface area (Å²) < 4.78 is 13.1. The van der Waals surface area contributed by atoms with Crippen LogP contribution in [0, 0.1) is 11.7 Å². The molecule has 1 heteroatoms. The minimum atomic E-state index is -0.165. The molecule has 0 radical (unpaired) electrons. The normalized spacial score (nSPS) is 21.5. The third-order valence-electron chi connectivity index (χ3n) is 6.34. The first-order valence-electron chi connectivity index (χ1n) is 10.5. The highest BCUT2D eigenvalue weighted by atomic mass is 19.1. The second-order valence-corrected chi connectivity index (χ2v) is 8.15. The van der Waals surface area contributed by atoms with Gasteiger partial charge in [0.05, 0.1) is 0 Å². The van der Waals surface area contributed by atoms with Gasteiger partial charge in [-0.15, -0.1) is 0 Å². The van der Waals surface area contributed by atoms with Crippen LogP contribution in [0.2, 0.25) is 0 Å². The largest absolute Gasteiger partial charge is 0.207 e. The van der Waals surface area contributed by atoms with E-state index >= 15 is 0 Å². The van der Waals surface area contributed by atoms with Crippen LogP contribution in [0.4, 0.5) is 4.39 Å². The van der Waals surface area contributed by atoms with Crippen LogP contribution in [0.5, 0.6) is 0 Å². The maximum absolute atomic E-state index is 13.1. The van der Waals surface area contributed by atoms with E-state index in [0.717, 1.165) is 11.8 Å². The minimum Gasteiger partial charge on any atom is -0.207 e. The third-order valence-corrected chi connectivity index (χ3v) is 6.34. The molecular weight excluding hydrogens is 319 g/mol. The molecule has 1 fully saturated rings. The Kier molecular flexibility index (Phi) is 6.88. The van der Waals surface area contributed by atoms with Gasteiger partial charge in [0.2, 0.25) is 0 Å². The maximum Gasteiger partial charge on any atom is 0.123 e. The van der Waals surface area contributed by atoms with Crippen molar-refractivity contribution in [2.45, 2.75) is 77.0 Å². The molecule has 3 rings (SSSR count). The Morgan fingerprint density at radius 1 is 0.846 bits per heavy atom. The van der Waals surface area contributed by atoms with Gasteiger partial charge in [-0.05, 0) is 66.3 Å². The second-order valence-electron chi connectivity index (χ2n) is 8.15. The fraction of sp³-hybridized carbons (Fsp3) is 0.520. The van der Waals surface area contributed by atoms with Gasteiger partial charge >= 0.3 is 0 Å². The number of rotatable bonds is 7. The lowest BCUT2D eigenvalue weighted by Gasteiger charge is -2.29. The van der Waals surface area contributed by atoms with E-state index in [9.17, 15) is 4.39 Å². The number of halogens is 1. The summed E-state index contributed by atoms with van der Waals surface area (Å²) in [5, 5.41) is 0. The Morgan fingerprint density at radius 2 is 1.42 bits per heavy atom. The van der Waals surface area contributed by atoms with Gasteiger partial charge < -0.3 is 0 Å². The van der Waals surface area contributed by atoms with Crippen molar-refractivity contribution >= 4 is 0 Å². The molecule has 0 heterocycles. The molecule has 0 aromatic heterocycles. The lowest BCUT2D eigenvalue weighted by Crippen LogP contribution is -2.13. The molecule has 1 unspecified atom stereocenters. The topological polar surface area (TPSA) is 0 Å². The molecule has 0 bridgehead atoms. The van der Waals surface area contributed by atoms with Crippen molar-refractivity contribution in [1.82, 2.24) is 0 Å². The van der Waals surface area contributed by atoms with Crippen LogP contribution >= 0.6 is 0 Å². The van der Waals surface area contributed by atoms with Crippen LogP contribution in [0.15, 0.2) is 48.5 Å². The summed E-state index contributed by atoms with van der Waals surface area (Å²) in [7, 11) is 0. The number of hydrogen-bond donors (Lipinski definition) is 0. The van der Waals surface area contributed by atoms with E-state index in [4.69, 9.17) is 0 Å². The average molecular weight is 353 g/mol. The molecule has 0 aliphatic heterocycles. The van der Waals surface area contributed by atoms with Crippen LogP contribution in [0.25, 0.3) is 0 Å². The Balaban J connectivity index is 1.55. The molecule has 140 valence electrons. The lowest BCUT2D eigenvalue weighted by atomic mass is 9.76.